The molecule has 0 fully saturated rings. The first-order chi connectivity index (χ1) is 8.61. The molecule has 2 rings (SSSR count). The van der Waals surface area contributed by atoms with Crippen molar-refractivity contribution < 1.29 is 5.11 Å². The molecule has 1 aromatic carbocycles. The largest absolute Gasteiger partial charge is 0.389 e. The van der Waals surface area contributed by atoms with Gasteiger partial charge in [0, 0.05) is 27.9 Å². The fraction of sp³-hybridized carbons (Fsp3) is 0.286. The molecule has 0 aliphatic rings. The third kappa shape index (κ3) is 2.71. The summed E-state index contributed by atoms with van der Waals surface area (Å²) >= 11 is 1.71. The van der Waals surface area contributed by atoms with E-state index in [2.05, 4.69) is 22.1 Å². The van der Waals surface area contributed by atoms with E-state index in [1.165, 1.54) is 4.90 Å². The summed E-state index contributed by atoms with van der Waals surface area (Å²) in [6.45, 7) is 3.61. The molecule has 0 bridgehead atoms. The summed E-state index contributed by atoms with van der Waals surface area (Å²) in [6, 6.07) is 8.15. The van der Waals surface area contributed by atoms with Crippen molar-refractivity contribution >= 4 is 11.8 Å². The van der Waals surface area contributed by atoms with Gasteiger partial charge in [0.05, 0.1) is 6.10 Å². The Balaban J connectivity index is 2.36. The van der Waals surface area contributed by atoms with Gasteiger partial charge in [-0.2, -0.15) is 0 Å². The molecular weight excluding hydrogens is 244 g/mol. The smallest absolute Gasteiger partial charge is 0.159 e. The summed E-state index contributed by atoms with van der Waals surface area (Å²) in [5.74, 6) is 0.699. The van der Waals surface area contributed by atoms with Crippen molar-refractivity contribution in [2.75, 3.05) is 6.26 Å². The first kappa shape index (κ1) is 13.1. The van der Waals surface area contributed by atoms with Crippen molar-refractivity contribution in [3.8, 4) is 11.4 Å². The Kier molecular flexibility index (Phi) is 3.99. The third-order valence-corrected chi connectivity index (χ3v) is 3.56. The molecular formula is C14H16N2OS. The molecule has 4 heteroatoms. The van der Waals surface area contributed by atoms with Gasteiger partial charge in [0.1, 0.15) is 0 Å². The topological polar surface area (TPSA) is 46.0 Å². The minimum Gasteiger partial charge on any atom is -0.389 e. The van der Waals surface area contributed by atoms with E-state index in [0.29, 0.717) is 5.82 Å². The van der Waals surface area contributed by atoms with Gasteiger partial charge in [-0.1, -0.05) is 12.1 Å². The highest BCUT2D eigenvalue weighted by Crippen LogP contribution is 2.22. The van der Waals surface area contributed by atoms with Gasteiger partial charge in [-0.05, 0) is 32.2 Å². The molecule has 0 spiro atoms. The molecule has 0 saturated heterocycles. The normalized spacial score (nSPS) is 12.4. The zero-order valence-electron chi connectivity index (χ0n) is 10.7. The van der Waals surface area contributed by atoms with Crippen LogP contribution in [0.4, 0.5) is 0 Å². The number of thioether (sulfide) groups is 1. The van der Waals surface area contributed by atoms with Crippen LogP contribution < -0.4 is 0 Å². The number of aliphatic hydroxyl groups excluding tert-OH is 1. The number of benzene rings is 1. The van der Waals surface area contributed by atoms with Crippen molar-refractivity contribution in [3.63, 3.8) is 0 Å². The van der Waals surface area contributed by atoms with E-state index in [4.69, 9.17) is 0 Å². The average Bonchev–Trinajstić information content (AvgIpc) is 2.38. The summed E-state index contributed by atoms with van der Waals surface area (Å²) < 4.78 is 0. The van der Waals surface area contributed by atoms with E-state index in [0.717, 1.165) is 16.8 Å². The molecule has 18 heavy (non-hydrogen) atoms. The Morgan fingerprint density at radius 3 is 2.39 bits per heavy atom. The van der Waals surface area contributed by atoms with Gasteiger partial charge in [0.15, 0.2) is 5.82 Å². The summed E-state index contributed by atoms with van der Waals surface area (Å²) in [7, 11) is 0. The molecule has 0 aliphatic heterocycles. The molecule has 0 saturated carbocycles. The lowest BCUT2D eigenvalue weighted by Crippen LogP contribution is -2.01. The Morgan fingerprint density at radius 2 is 1.89 bits per heavy atom. The molecule has 0 aliphatic carbocycles. The molecule has 0 radical (unpaired) electrons. The van der Waals surface area contributed by atoms with Crippen molar-refractivity contribution in [1.82, 2.24) is 9.97 Å². The second kappa shape index (κ2) is 5.50. The highest BCUT2D eigenvalue weighted by atomic mass is 32.2. The molecule has 0 amide bonds. The first-order valence-electron chi connectivity index (χ1n) is 5.78. The number of nitrogens with zero attached hydrogens (tertiary/aromatic N) is 2. The fourth-order valence-corrected chi connectivity index (χ4v) is 2.17. The van der Waals surface area contributed by atoms with Crippen LogP contribution in [0, 0.1) is 6.92 Å². The van der Waals surface area contributed by atoms with Gasteiger partial charge in [-0.15, -0.1) is 11.8 Å². The van der Waals surface area contributed by atoms with Crippen LogP contribution in [-0.4, -0.2) is 21.3 Å². The number of aliphatic hydroxyl groups is 1. The summed E-state index contributed by atoms with van der Waals surface area (Å²) in [5, 5.41) is 9.55. The maximum Gasteiger partial charge on any atom is 0.159 e. The second-order valence-corrected chi connectivity index (χ2v) is 5.02. The van der Waals surface area contributed by atoms with Crippen LogP contribution in [0.25, 0.3) is 11.4 Å². The van der Waals surface area contributed by atoms with Gasteiger partial charge < -0.3 is 5.11 Å². The molecule has 3 nitrogen and oxygen atoms in total. The van der Waals surface area contributed by atoms with E-state index in [1.54, 1.807) is 24.9 Å². The maximum atomic E-state index is 9.55. The second-order valence-electron chi connectivity index (χ2n) is 4.14. The van der Waals surface area contributed by atoms with Gasteiger partial charge in [0.2, 0.25) is 0 Å². The van der Waals surface area contributed by atoms with E-state index in [-0.39, 0.29) is 0 Å². The zero-order valence-corrected chi connectivity index (χ0v) is 11.5. The van der Waals surface area contributed by atoms with Crippen LogP contribution in [0.1, 0.15) is 24.3 Å². The molecule has 1 aromatic heterocycles. The lowest BCUT2D eigenvalue weighted by molar-refractivity contribution is 0.197. The molecule has 2 aromatic rings. The van der Waals surface area contributed by atoms with Crippen LogP contribution >= 0.6 is 11.8 Å². The Labute approximate surface area is 111 Å². The number of hydrogen-bond acceptors (Lipinski definition) is 4. The zero-order chi connectivity index (χ0) is 13.1. The third-order valence-electron chi connectivity index (χ3n) is 2.82. The minimum absolute atomic E-state index is 0.530. The first-order valence-corrected chi connectivity index (χ1v) is 7.00. The Bertz CT molecular complexity index is 538. The van der Waals surface area contributed by atoms with Gasteiger partial charge in [0.25, 0.3) is 0 Å². The van der Waals surface area contributed by atoms with E-state index in [1.807, 2.05) is 25.3 Å². The molecule has 94 valence electrons. The summed E-state index contributed by atoms with van der Waals surface area (Å²) in [5.41, 5.74) is 2.59. The van der Waals surface area contributed by atoms with Crippen molar-refractivity contribution in [2.45, 2.75) is 24.8 Å². The lowest BCUT2D eigenvalue weighted by Gasteiger charge is -2.09. The van der Waals surface area contributed by atoms with Crippen molar-refractivity contribution in [2.24, 2.45) is 0 Å². The Morgan fingerprint density at radius 1 is 1.22 bits per heavy atom. The van der Waals surface area contributed by atoms with Crippen molar-refractivity contribution in [3.05, 3.63) is 41.7 Å². The van der Waals surface area contributed by atoms with Gasteiger partial charge in [-0.25, -0.2) is 9.97 Å². The van der Waals surface area contributed by atoms with Crippen LogP contribution in [0.3, 0.4) is 0 Å². The van der Waals surface area contributed by atoms with Crippen molar-refractivity contribution in [1.29, 1.82) is 0 Å². The molecule has 1 heterocycles. The average molecular weight is 260 g/mol. The van der Waals surface area contributed by atoms with E-state index >= 15 is 0 Å². The van der Waals surface area contributed by atoms with Gasteiger partial charge >= 0.3 is 0 Å². The number of rotatable bonds is 3. The summed E-state index contributed by atoms with van der Waals surface area (Å²) in [4.78, 5) is 9.97. The van der Waals surface area contributed by atoms with Gasteiger partial charge in [-0.3, -0.25) is 0 Å². The molecule has 1 atom stereocenters. The summed E-state index contributed by atoms with van der Waals surface area (Å²) in [6.07, 6.45) is 3.22. The standard InChI is InChI=1S/C14H16N2OS/c1-9-13(10(2)17)8-15-14(16-9)11-4-6-12(18-3)7-5-11/h4-8,10,17H,1-3H3/t10-/m1/s1. The van der Waals surface area contributed by atoms with E-state index in [9.17, 15) is 5.11 Å². The number of hydrogen-bond donors (Lipinski definition) is 1. The highest BCUT2D eigenvalue weighted by Gasteiger charge is 2.09. The number of aryl methyl sites for hydroxylation is 1. The monoisotopic (exact) mass is 260 g/mol. The lowest BCUT2D eigenvalue weighted by atomic mass is 10.1. The van der Waals surface area contributed by atoms with E-state index < -0.39 is 6.10 Å². The highest BCUT2D eigenvalue weighted by molar-refractivity contribution is 7.98. The minimum atomic E-state index is -0.530. The predicted octanol–water partition coefficient (Wildman–Crippen LogP) is 3.23. The maximum absolute atomic E-state index is 9.55. The molecule has 0 unspecified atom stereocenters. The van der Waals surface area contributed by atoms with Crippen LogP contribution in [0.2, 0.25) is 0 Å². The fourth-order valence-electron chi connectivity index (χ4n) is 1.77. The Hall–Kier alpha value is -1.39. The molecule has 1 N–H and O–H groups in total. The van der Waals surface area contributed by atoms with Crippen LogP contribution in [-0.2, 0) is 0 Å². The van der Waals surface area contributed by atoms with Crippen LogP contribution in [0.5, 0.6) is 0 Å². The van der Waals surface area contributed by atoms with Crippen LogP contribution in [0.15, 0.2) is 35.4 Å². The SMILES string of the molecule is CSc1ccc(-c2ncc([C@@H](C)O)c(C)n2)cc1. The number of aromatic nitrogens is 2. The quantitative estimate of drug-likeness (QED) is 0.861. The predicted molar refractivity (Wildman–Crippen MR) is 74.6 cm³/mol.